The maximum absolute atomic E-state index is 2.36. The quantitative estimate of drug-likeness (QED) is 0.341. The van der Waals surface area contributed by atoms with Crippen LogP contribution in [0.25, 0.3) is 11.1 Å². The summed E-state index contributed by atoms with van der Waals surface area (Å²) in [6.07, 6.45) is 0. The number of hydrogen-bond acceptors (Lipinski definition) is 2. The predicted octanol–water partition coefficient (Wildman–Crippen LogP) is 7.29. The lowest BCUT2D eigenvalue weighted by Gasteiger charge is -2.44. The van der Waals surface area contributed by atoms with E-state index in [1.165, 1.54) is 33.4 Å². The van der Waals surface area contributed by atoms with Crippen molar-refractivity contribution in [3.63, 3.8) is 0 Å². The molecule has 1 saturated heterocycles. The van der Waals surface area contributed by atoms with E-state index in [9.17, 15) is 0 Å². The molecule has 4 aromatic rings. The van der Waals surface area contributed by atoms with E-state index in [-0.39, 0.29) is 9.49 Å². The minimum Gasteiger partial charge on any atom is -0.132 e. The Morgan fingerprint density at radius 1 is 0.448 bits per heavy atom. The standard InChI is InChI=1S/C27H20S2/c1-3-11-20(12-4-1)26(21-13-5-2-6-14-21)27(29-19-28-26)24-17-9-7-15-22(24)23-16-8-10-18-25(23)27/h1-18H,19H2. The third kappa shape index (κ3) is 2.19. The molecule has 2 heteroatoms. The average molecular weight is 409 g/mol. The maximum Gasteiger partial charge on any atom is 0.0906 e. The van der Waals surface area contributed by atoms with Gasteiger partial charge in [-0.25, -0.2) is 0 Å². The lowest BCUT2D eigenvalue weighted by molar-refractivity contribution is 0.605. The summed E-state index contributed by atoms with van der Waals surface area (Å²) in [5.74, 6) is 0. The molecule has 0 saturated carbocycles. The second kappa shape index (κ2) is 6.55. The Hall–Kier alpha value is -2.42. The van der Waals surface area contributed by atoms with Crippen molar-refractivity contribution >= 4 is 23.5 Å². The van der Waals surface area contributed by atoms with Crippen LogP contribution in [0.5, 0.6) is 0 Å². The van der Waals surface area contributed by atoms with Gasteiger partial charge in [-0.1, -0.05) is 109 Å². The van der Waals surface area contributed by atoms with E-state index < -0.39 is 0 Å². The Labute approximate surface area is 180 Å². The van der Waals surface area contributed by atoms with Crippen molar-refractivity contribution in [1.82, 2.24) is 0 Å². The highest BCUT2D eigenvalue weighted by Gasteiger charge is 2.63. The summed E-state index contributed by atoms with van der Waals surface area (Å²) in [7, 11) is 0. The summed E-state index contributed by atoms with van der Waals surface area (Å²) < 4.78 is -0.323. The zero-order valence-corrected chi connectivity index (χ0v) is 17.5. The van der Waals surface area contributed by atoms with E-state index in [4.69, 9.17) is 0 Å². The van der Waals surface area contributed by atoms with Gasteiger partial charge in [0.15, 0.2) is 0 Å². The third-order valence-electron chi connectivity index (χ3n) is 6.31. The summed E-state index contributed by atoms with van der Waals surface area (Å²) in [4.78, 5) is 0. The maximum atomic E-state index is 2.36. The molecule has 0 nitrogen and oxygen atoms in total. The summed E-state index contributed by atoms with van der Waals surface area (Å²) in [5.41, 5.74) is 8.43. The molecule has 29 heavy (non-hydrogen) atoms. The fourth-order valence-electron chi connectivity index (χ4n) is 5.22. The van der Waals surface area contributed by atoms with Crippen molar-refractivity contribution in [2.75, 3.05) is 5.08 Å². The second-order valence-electron chi connectivity index (χ2n) is 7.59. The summed E-state index contributed by atoms with van der Waals surface area (Å²) >= 11 is 4.18. The molecule has 1 fully saturated rings. The molecule has 1 heterocycles. The summed E-state index contributed by atoms with van der Waals surface area (Å²) in [6.45, 7) is 0. The number of hydrogen-bond donors (Lipinski definition) is 0. The van der Waals surface area contributed by atoms with Gasteiger partial charge >= 0.3 is 0 Å². The van der Waals surface area contributed by atoms with E-state index in [0.29, 0.717) is 0 Å². The molecule has 6 rings (SSSR count). The van der Waals surface area contributed by atoms with Gasteiger partial charge in [-0.05, 0) is 33.4 Å². The van der Waals surface area contributed by atoms with E-state index in [1.807, 2.05) is 0 Å². The van der Waals surface area contributed by atoms with Crippen molar-refractivity contribution in [3.05, 3.63) is 131 Å². The van der Waals surface area contributed by atoms with Gasteiger partial charge in [0.1, 0.15) is 0 Å². The van der Waals surface area contributed by atoms with Gasteiger partial charge in [0, 0.05) is 5.08 Å². The smallest absolute Gasteiger partial charge is 0.0906 e. The Morgan fingerprint density at radius 2 is 0.862 bits per heavy atom. The minimum atomic E-state index is -0.178. The lowest BCUT2D eigenvalue weighted by atomic mass is 9.74. The highest BCUT2D eigenvalue weighted by atomic mass is 32.2. The number of benzene rings is 4. The van der Waals surface area contributed by atoms with Crippen LogP contribution in [0.3, 0.4) is 0 Å². The predicted molar refractivity (Wildman–Crippen MR) is 126 cm³/mol. The van der Waals surface area contributed by atoms with E-state index in [0.717, 1.165) is 5.08 Å². The largest absolute Gasteiger partial charge is 0.132 e. The molecule has 2 aliphatic rings. The first-order valence-electron chi connectivity index (χ1n) is 9.96. The van der Waals surface area contributed by atoms with Crippen LogP contribution in [0.4, 0.5) is 0 Å². The molecular weight excluding hydrogens is 388 g/mol. The Kier molecular flexibility index (Phi) is 3.94. The fraction of sp³-hybridized carbons (Fsp3) is 0.111. The van der Waals surface area contributed by atoms with Crippen LogP contribution < -0.4 is 0 Å². The third-order valence-corrected chi connectivity index (χ3v) is 9.77. The van der Waals surface area contributed by atoms with E-state index in [2.05, 4.69) is 133 Å². The molecule has 140 valence electrons. The fourth-order valence-corrected chi connectivity index (χ4v) is 9.36. The normalized spacial score (nSPS) is 17.8. The zero-order chi connectivity index (χ0) is 19.3. The van der Waals surface area contributed by atoms with Crippen LogP contribution in [0.15, 0.2) is 109 Å². The van der Waals surface area contributed by atoms with E-state index in [1.54, 1.807) is 0 Å². The Morgan fingerprint density at radius 3 is 1.38 bits per heavy atom. The molecule has 0 amide bonds. The number of fused-ring (bicyclic) bond motifs is 5. The van der Waals surface area contributed by atoms with Gasteiger partial charge < -0.3 is 0 Å². The highest BCUT2D eigenvalue weighted by Crippen LogP contribution is 2.73. The molecule has 0 unspecified atom stereocenters. The Bertz CT molecular complexity index is 1090. The first-order chi connectivity index (χ1) is 14.4. The number of rotatable bonds is 2. The van der Waals surface area contributed by atoms with Gasteiger partial charge in [-0.15, -0.1) is 23.5 Å². The van der Waals surface area contributed by atoms with Crippen LogP contribution in [-0.4, -0.2) is 5.08 Å². The van der Waals surface area contributed by atoms with Gasteiger partial charge in [-0.2, -0.15) is 0 Å². The van der Waals surface area contributed by atoms with Gasteiger partial charge in [0.2, 0.25) is 0 Å². The SMILES string of the molecule is c1ccc(C2(c3ccccc3)SCSC23c2ccccc2-c2ccccc23)cc1. The zero-order valence-electron chi connectivity index (χ0n) is 15.9. The molecule has 0 atom stereocenters. The molecule has 0 bridgehead atoms. The topological polar surface area (TPSA) is 0 Å². The lowest BCUT2D eigenvalue weighted by Crippen LogP contribution is -2.42. The van der Waals surface area contributed by atoms with Crippen LogP contribution in [-0.2, 0) is 9.49 Å². The molecule has 4 aromatic carbocycles. The number of thioether (sulfide) groups is 2. The van der Waals surface area contributed by atoms with Crippen molar-refractivity contribution in [2.24, 2.45) is 0 Å². The van der Waals surface area contributed by atoms with Crippen molar-refractivity contribution in [1.29, 1.82) is 0 Å². The first-order valence-corrected chi connectivity index (χ1v) is 11.9. The molecular formula is C27H20S2. The summed E-state index contributed by atoms with van der Waals surface area (Å²) in [5, 5.41) is 1.06. The molecule has 0 N–H and O–H groups in total. The molecule has 0 radical (unpaired) electrons. The van der Waals surface area contributed by atoms with Crippen LogP contribution in [0, 0.1) is 0 Å². The van der Waals surface area contributed by atoms with Gasteiger partial charge in [0.25, 0.3) is 0 Å². The van der Waals surface area contributed by atoms with Crippen molar-refractivity contribution < 1.29 is 0 Å². The van der Waals surface area contributed by atoms with Crippen LogP contribution in [0.1, 0.15) is 22.3 Å². The van der Waals surface area contributed by atoms with Crippen molar-refractivity contribution in [3.8, 4) is 11.1 Å². The second-order valence-corrected chi connectivity index (χ2v) is 10.3. The molecule has 1 spiro atoms. The van der Waals surface area contributed by atoms with Crippen LogP contribution >= 0.6 is 23.5 Å². The van der Waals surface area contributed by atoms with Crippen LogP contribution in [0.2, 0.25) is 0 Å². The molecule has 1 aliphatic carbocycles. The highest BCUT2D eigenvalue weighted by molar-refractivity contribution is 8.20. The van der Waals surface area contributed by atoms with Crippen molar-refractivity contribution in [2.45, 2.75) is 9.49 Å². The van der Waals surface area contributed by atoms with Gasteiger partial charge in [-0.3, -0.25) is 0 Å². The Balaban J connectivity index is 1.78. The van der Waals surface area contributed by atoms with E-state index >= 15 is 0 Å². The monoisotopic (exact) mass is 408 g/mol. The average Bonchev–Trinajstić information content (AvgIpc) is 3.34. The van der Waals surface area contributed by atoms with Gasteiger partial charge in [0.05, 0.1) is 9.49 Å². The first kappa shape index (κ1) is 17.4. The summed E-state index contributed by atoms with van der Waals surface area (Å²) in [6, 6.07) is 40.3. The molecule has 1 aliphatic heterocycles. The minimum absolute atomic E-state index is 0.145. The molecule has 0 aromatic heterocycles.